The molecule has 1 aliphatic carbocycles. The van der Waals surface area contributed by atoms with Crippen LogP contribution < -0.4 is 15.3 Å². The molecule has 4 aromatic carbocycles. The van der Waals surface area contributed by atoms with Crippen LogP contribution in [0.15, 0.2) is 149 Å². The van der Waals surface area contributed by atoms with E-state index in [0.717, 1.165) is 26.9 Å². The van der Waals surface area contributed by atoms with E-state index in [9.17, 15) is 14.7 Å². The Morgan fingerprint density at radius 1 is 0.877 bits per heavy atom. The Balaban J connectivity index is 1.20. The number of aromatic hydroxyl groups is 1. The molecule has 0 saturated carbocycles. The van der Waals surface area contributed by atoms with Gasteiger partial charge in [-0.15, -0.1) is 0 Å². The van der Waals surface area contributed by atoms with Gasteiger partial charge in [0, 0.05) is 22.2 Å². The average Bonchev–Trinajstić information content (AvgIpc) is 3.76. The van der Waals surface area contributed by atoms with Crippen LogP contribution in [0.25, 0.3) is 11.6 Å². The zero-order valence-corrected chi connectivity index (χ0v) is 35.1. The van der Waals surface area contributed by atoms with E-state index in [0.29, 0.717) is 43.7 Å². The first-order valence-electron chi connectivity index (χ1n) is 19.7. The second-order valence-electron chi connectivity index (χ2n) is 16.2. The molecule has 9 heteroatoms. The van der Waals surface area contributed by atoms with Crippen LogP contribution in [0.5, 0.6) is 5.75 Å². The van der Waals surface area contributed by atoms with E-state index in [-0.39, 0.29) is 34.6 Å². The highest BCUT2D eigenvalue weighted by atomic mass is 79.9. The molecule has 3 aliphatic rings. The Bertz CT molecular complexity index is 2270. The number of amides is 2. The highest BCUT2D eigenvalue weighted by Gasteiger charge is 2.58. The summed E-state index contributed by atoms with van der Waals surface area (Å²) in [6.07, 6.45) is 5.11. The van der Waals surface area contributed by atoms with Gasteiger partial charge in [-0.05, 0) is 99.9 Å². The number of hydrogen-bond donors (Lipinski definition) is 1. The molecule has 7 nitrogen and oxygen atoms in total. The molecule has 8 rings (SSSR count). The molecule has 0 radical (unpaired) electrons. The number of benzene rings is 4. The molecule has 290 valence electrons. The third-order valence-electron chi connectivity index (χ3n) is 11.9. The van der Waals surface area contributed by atoms with Crippen molar-refractivity contribution < 1.29 is 23.9 Å². The Kier molecular flexibility index (Phi) is 11.0. The third kappa shape index (κ3) is 7.38. The van der Waals surface area contributed by atoms with Crippen molar-refractivity contribution in [2.75, 3.05) is 18.1 Å². The van der Waals surface area contributed by atoms with Crippen LogP contribution in [-0.2, 0) is 18.8 Å². The Morgan fingerprint density at radius 3 is 2.16 bits per heavy atom. The quantitative estimate of drug-likeness (QED) is 0.0813. The molecule has 5 aromatic rings. The second-order valence-corrected chi connectivity index (χ2v) is 21.5. The van der Waals surface area contributed by atoms with Crippen LogP contribution in [0, 0.1) is 17.8 Å². The van der Waals surface area contributed by atoms with Gasteiger partial charge in [-0.2, -0.15) is 0 Å². The minimum atomic E-state index is -2.95. The summed E-state index contributed by atoms with van der Waals surface area (Å²) >= 11 is 3.55. The number of aromatic nitrogens is 1. The summed E-state index contributed by atoms with van der Waals surface area (Å²) in [5.74, 6) is -1.41. The first-order valence-corrected chi connectivity index (χ1v) is 22.4. The number of carbonyl (C=O) groups is 2. The molecule has 4 atom stereocenters. The topological polar surface area (TPSA) is 89.0 Å². The highest BCUT2D eigenvalue weighted by Crippen LogP contribution is 2.51. The first-order chi connectivity index (χ1) is 27.6. The van der Waals surface area contributed by atoms with Crippen molar-refractivity contribution in [3.63, 3.8) is 0 Å². The largest absolute Gasteiger partial charge is 0.507 e. The maximum absolute atomic E-state index is 14.4. The number of nitrogens with zero attached hydrogens (tertiary/aromatic N) is 2. The number of phenolic OH excluding ortho intramolecular Hbond substituents is 1. The molecule has 0 unspecified atom stereocenters. The van der Waals surface area contributed by atoms with E-state index in [2.05, 4.69) is 90.2 Å². The third-order valence-corrected chi connectivity index (χ3v) is 17.4. The van der Waals surface area contributed by atoms with Crippen molar-refractivity contribution >= 4 is 63.8 Å². The first kappa shape index (κ1) is 38.9. The number of ether oxygens (including phenoxy) is 1. The number of para-hydroxylation sites is 1. The van der Waals surface area contributed by atoms with Crippen molar-refractivity contribution in [1.82, 2.24) is 4.98 Å². The van der Waals surface area contributed by atoms with Gasteiger partial charge in [0.1, 0.15) is 5.75 Å². The molecule has 2 fully saturated rings. The summed E-state index contributed by atoms with van der Waals surface area (Å²) in [6.45, 7) is 7.47. The SMILES string of the molecule is CC(C)(C)[Si](OCC1=C2[C@@H](CC/C(=C/c3cc(Br)ccc3O)c3ccccn3)OC[C@@H]2[C@@H]2C(=O)N(c3ccccc3)C(=O)[C@@H]2C1)(c1ccccc1)c1ccccc1. The van der Waals surface area contributed by atoms with Crippen molar-refractivity contribution in [3.8, 4) is 5.75 Å². The average molecular weight is 840 g/mol. The lowest BCUT2D eigenvalue weighted by atomic mass is 9.69. The van der Waals surface area contributed by atoms with E-state index < -0.39 is 20.2 Å². The van der Waals surface area contributed by atoms with Crippen LogP contribution in [0.3, 0.4) is 0 Å². The molecule has 2 aliphatic heterocycles. The number of carbonyl (C=O) groups excluding carboxylic acids is 2. The van der Waals surface area contributed by atoms with Gasteiger partial charge in [0.25, 0.3) is 8.32 Å². The zero-order valence-electron chi connectivity index (χ0n) is 32.5. The molecule has 2 saturated heterocycles. The summed E-state index contributed by atoms with van der Waals surface area (Å²) in [5.41, 5.74) is 5.21. The van der Waals surface area contributed by atoms with Gasteiger partial charge in [-0.3, -0.25) is 19.5 Å². The van der Waals surface area contributed by atoms with E-state index in [1.807, 2.05) is 78.9 Å². The number of anilines is 1. The fourth-order valence-electron chi connectivity index (χ4n) is 9.34. The number of rotatable bonds is 11. The van der Waals surface area contributed by atoms with Gasteiger partial charge in [-0.25, -0.2) is 0 Å². The summed E-state index contributed by atoms with van der Waals surface area (Å²) in [6, 6.07) is 41.7. The molecule has 1 N–H and O–H groups in total. The summed E-state index contributed by atoms with van der Waals surface area (Å²) < 4.78 is 15.1. The Hall–Kier alpha value is -4.93. The van der Waals surface area contributed by atoms with Crippen molar-refractivity contribution in [2.24, 2.45) is 17.8 Å². The summed E-state index contributed by atoms with van der Waals surface area (Å²) in [4.78, 5) is 34.8. The molecule has 1 aromatic heterocycles. The Morgan fingerprint density at radius 2 is 1.53 bits per heavy atom. The van der Waals surface area contributed by atoms with Crippen molar-refractivity contribution in [3.05, 3.63) is 160 Å². The minimum absolute atomic E-state index is 0.157. The van der Waals surface area contributed by atoms with Crippen LogP contribution in [0.2, 0.25) is 5.04 Å². The molecule has 0 bridgehead atoms. The lowest BCUT2D eigenvalue weighted by molar-refractivity contribution is -0.122. The van der Waals surface area contributed by atoms with Crippen LogP contribution in [-0.4, -0.2) is 49.5 Å². The van der Waals surface area contributed by atoms with E-state index in [1.165, 1.54) is 15.3 Å². The molecular weight excluding hydrogens is 793 g/mol. The van der Waals surface area contributed by atoms with Crippen molar-refractivity contribution in [2.45, 2.75) is 51.2 Å². The number of halogens is 1. The molecule has 2 amide bonds. The van der Waals surface area contributed by atoms with Gasteiger partial charge < -0.3 is 14.3 Å². The Labute approximate surface area is 344 Å². The number of phenols is 1. The fourth-order valence-corrected chi connectivity index (χ4v) is 14.3. The van der Waals surface area contributed by atoms with Crippen LogP contribution in [0.4, 0.5) is 5.69 Å². The summed E-state index contributed by atoms with van der Waals surface area (Å²) in [7, 11) is -2.95. The van der Waals surface area contributed by atoms with E-state index in [4.69, 9.17) is 9.16 Å². The molecular formula is C48H47BrN2O5Si. The standard InChI is InChI=1S/C48H47BrN2O5Si/c1-48(2,3)57(37-17-9-5-10-18-37,38-19-11-6-12-20-38)56-30-34-29-39-45(47(54)51(46(39)53)36-15-7-4-8-16-36)40-31-55-43(44(34)40)25-22-32(41-21-13-14-26-50-41)27-33-28-35(49)23-24-42(33)52/h4-21,23-24,26-28,39-40,43,45,52H,22,25,29-31H2,1-3H3/b32-27-/t39-,40+,43-,45-/m1/s1. The number of fused-ring (bicyclic) bond motifs is 3. The number of allylic oxidation sites excluding steroid dienone is 1. The lowest BCUT2D eigenvalue weighted by Gasteiger charge is -2.44. The monoisotopic (exact) mass is 838 g/mol. The maximum atomic E-state index is 14.4. The molecule has 57 heavy (non-hydrogen) atoms. The number of hydrogen-bond acceptors (Lipinski definition) is 6. The number of pyridine rings is 1. The fraction of sp³-hybridized carbons (Fsp3) is 0.271. The molecule has 0 spiro atoms. The zero-order chi connectivity index (χ0) is 39.7. The van der Waals surface area contributed by atoms with Gasteiger partial charge in [0.05, 0.1) is 42.5 Å². The van der Waals surface area contributed by atoms with E-state index in [1.54, 1.807) is 12.3 Å². The number of imide groups is 1. The van der Waals surface area contributed by atoms with Gasteiger partial charge in [0.2, 0.25) is 11.8 Å². The normalized spacial score (nSPS) is 21.2. The van der Waals surface area contributed by atoms with Gasteiger partial charge in [0.15, 0.2) is 0 Å². The minimum Gasteiger partial charge on any atom is -0.507 e. The van der Waals surface area contributed by atoms with Crippen LogP contribution >= 0.6 is 15.9 Å². The highest BCUT2D eigenvalue weighted by molar-refractivity contribution is 9.10. The predicted octanol–water partition coefficient (Wildman–Crippen LogP) is 8.97. The van der Waals surface area contributed by atoms with Crippen molar-refractivity contribution in [1.29, 1.82) is 0 Å². The lowest BCUT2D eigenvalue weighted by Crippen LogP contribution is -2.66. The van der Waals surface area contributed by atoms with Gasteiger partial charge >= 0.3 is 0 Å². The van der Waals surface area contributed by atoms with Crippen LogP contribution in [0.1, 0.15) is 51.3 Å². The van der Waals surface area contributed by atoms with Gasteiger partial charge in [-0.1, -0.05) is 122 Å². The summed E-state index contributed by atoms with van der Waals surface area (Å²) in [5, 5.41) is 12.9. The van der Waals surface area contributed by atoms with E-state index >= 15 is 0 Å². The smallest absolute Gasteiger partial charge is 0.261 e. The predicted molar refractivity (Wildman–Crippen MR) is 232 cm³/mol. The second kappa shape index (κ2) is 16.1. The molecule has 3 heterocycles. The maximum Gasteiger partial charge on any atom is 0.261 e.